The second kappa shape index (κ2) is 9.29. The molecule has 0 amide bonds. The molecule has 176 valence electrons. The summed E-state index contributed by atoms with van der Waals surface area (Å²) in [5.74, 6) is 0.716. The van der Waals surface area contributed by atoms with Crippen LogP contribution in [-0.2, 0) is 6.54 Å². The summed E-state index contributed by atoms with van der Waals surface area (Å²) in [5.41, 5.74) is 6.51. The SMILES string of the molecule is Cc1nc(NC2CCN(Cc3ccc(Cl)cc3)CC2)nc2ccc(-c3cncc4[nH]ccc34)cc12. The third-order valence-electron chi connectivity index (χ3n) is 6.91. The van der Waals surface area contributed by atoms with Crippen molar-refractivity contribution in [3.05, 3.63) is 83.4 Å². The van der Waals surface area contributed by atoms with Crippen molar-refractivity contribution < 1.29 is 0 Å². The number of halogens is 1. The van der Waals surface area contributed by atoms with Crippen LogP contribution in [0.15, 0.2) is 67.1 Å². The van der Waals surface area contributed by atoms with Crippen molar-refractivity contribution in [1.29, 1.82) is 0 Å². The lowest BCUT2D eigenvalue weighted by Gasteiger charge is -2.32. The van der Waals surface area contributed by atoms with E-state index < -0.39 is 0 Å². The number of benzene rings is 2. The van der Waals surface area contributed by atoms with Crippen molar-refractivity contribution in [2.45, 2.75) is 32.4 Å². The fourth-order valence-electron chi connectivity index (χ4n) is 4.99. The number of aromatic nitrogens is 4. The Bertz CT molecular complexity index is 1490. The zero-order valence-electron chi connectivity index (χ0n) is 19.6. The zero-order valence-corrected chi connectivity index (χ0v) is 20.4. The summed E-state index contributed by atoms with van der Waals surface area (Å²) >= 11 is 6.01. The maximum atomic E-state index is 6.01. The first-order valence-corrected chi connectivity index (χ1v) is 12.4. The molecular formula is C28H27ClN6. The van der Waals surface area contributed by atoms with E-state index in [0.717, 1.165) is 70.7 Å². The van der Waals surface area contributed by atoms with Gasteiger partial charge in [-0.1, -0.05) is 29.8 Å². The monoisotopic (exact) mass is 482 g/mol. The molecule has 2 aromatic carbocycles. The summed E-state index contributed by atoms with van der Waals surface area (Å²) in [4.78, 5) is 19.8. The van der Waals surface area contributed by atoms with Gasteiger partial charge in [-0.15, -0.1) is 0 Å². The first-order valence-electron chi connectivity index (χ1n) is 12.1. The number of aryl methyl sites for hydroxylation is 1. The van der Waals surface area contributed by atoms with Crippen LogP contribution in [0.1, 0.15) is 24.1 Å². The van der Waals surface area contributed by atoms with Crippen molar-refractivity contribution in [3.8, 4) is 11.1 Å². The highest BCUT2D eigenvalue weighted by Gasteiger charge is 2.20. The van der Waals surface area contributed by atoms with Crippen LogP contribution in [0.25, 0.3) is 32.9 Å². The van der Waals surface area contributed by atoms with Gasteiger partial charge in [0.2, 0.25) is 5.95 Å². The molecule has 1 fully saturated rings. The molecule has 0 saturated carbocycles. The van der Waals surface area contributed by atoms with Crippen LogP contribution >= 0.6 is 11.6 Å². The zero-order chi connectivity index (χ0) is 23.8. The van der Waals surface area contributed by atoms with Crippen molar-refractivity contribution in [1.82, 2.24) is 24.8 Å². The molecule has 1 aliphatic heterocycles. The first kappa shape index (κ1) is 22.0. The van der Waals surface area contributed by atoms with Gasteiger partial charge in [0.25, 0.3) is 0 Å². The van der Waals surface area contributed by atoms with E-state index in [4.69, 9.17) is 21.6 Å². The summed E-state index contributed by atoms with van der Waals surface area (Å²) in [6.07, 6.45) is 7.86. The standard InChI is InChI=1S/C28H27ClN6/c1-18-24-14-20(25-15-30-16-27-23(25)8-11-31-27)4-7-26(24)34-28(32-18)33-22-9-12-35(13-10-22)17-19-2-5-21(29)6-3-19/h2-8,11,14-16,22,31H,9-10,12-13,17H2,1H3,(H,32,33,34). The maximum absolute atomic E-state index is 6.01. The second-order valence-electron chi connectivity index (χ2n) is 9.31. The predicted molar refractivity (Wildman–Crippen MR) is 143 cm³/mol. The van der Waals surface area contributed by atoms with Crippen LogP contribution in [0.2, 0.25) is 5.02 Å². The number of rotatable bonds is 5. The molecule has 4 heterocycles. The van der Waals surface area contributed by atoms with E-state index in [0.29, 0.717) is 12.0 Å². The van der Waals surface area contributed by atoms with Crippen LogP contribution in [0.5, 0.6) is 0 Å². The fourth-order valence-corrected chi connectivity index (χ4v) is 5.12. The Morgan fingerprint density at radius 2 is 1.83 bits per heavy atom. The van der Waals surface area contributed by atoms with Crippen LogP contribution in [0.3, 0.4) is 0 Å². The molecule has 0 unspecified atom stereocenters. The maximum Gasteiger partial charge on any atom is 0.223 e. The fraction of sp³-hybridized carbons (Fsp3) is 0.250. The molecule has 6 nitrogen and oxygen atoms in total. The quantitative estimate of drug-likeness (QED) is 0.311. The summed E-state index contributed by atoms with van der Waals surface area (Å²) in [7, 11) is 0. The van der Waals surface area contributed by atoms with Crippen molar-refractivity contribution in [3.63, 3.8) is 0 Å². The van der Waals surface area contributed by atoms with Crippen LogP contribution in [-0.4, -0.2) is 44.0 Å². The van der Waals surface area contributed by atoms with Gasteiger partial charge in [-0.05, 0) is 61.2 Å². The number of nitrogens with one attached hydrogen (secondary N) is 2. The average molecular weight is 483 g/mol. The van der Waals surface area contributed by atoms with Crippen LogP contribution < -0.4 is 5.32 Å². The van der Waals surface area contributed by atoms with Gasteiger partial charge < -0.3 is 10.3 Å². The second-order valence-corrected chi connectivity index (χ2v) is 9.75. The Hall–Kier alpha value is -3.48. The summed E-state index contributed by atoms with van der Waals surface area (Å²) in [6.45, 7) is 5.12. The molecule has 3 aromatic heterocycles. The van der Waals surface area contributed by atoms with Gasteiger partial charge >= 0.3 is 0 Å². The van der Waals surface area contributed by atoms with Crippen molar-refractivity contribution in [2.24, 2.45) is 0 Å². The smallest absolute Gasteiger partial charge is 0.223 e. The average Bonchev–Trinajstić information content (AvgIpc) is 3.36. The van der Waals surface area contributed by atoms with Gasteiger partial charge in [0.05, 0.1) is 22.9 Å². The van der Waals surface area contributed by atoms with E-state index >= 15 is 0 Å². The van der Waals surface area contributed by atoms with Gasteiger partial charge in [-0.2, -0.15) is 0 Å². The molecule has 0 atom stereocenters. The van der Waals surface area contributed by atoms with Gasteiger partial charge in [0, 0.05) is 59.4 Å². The van der Waals surface area contributed by atoms with E-state index in [-0.39, 0.29) is 0 Å². The number of fused-ring (bicyclic) bond motifs is 2. The highest BCUT2D eigenvalue weighted by molar-refractivity contribution is 6.30. The molecule has 5 aromatic rings. The Morgan fingerprint density at radius 3 is 2.66 bits per heavy atom. The first-order chi connectivity index (χ1) is 17.1. The van der Waals surface area contributed by atoms with Gasteiger partial charge in [0.15, 0.2) is 0 Å². The molecule has 35 heavy (non-hydrogen) atoms. The summed E-state index contributed by atoms with van der Waals surface area (Å²) in [6, 6.07) is 17.0. The molecular weight excluding hydrogens is 456 g/mol. The highest BCUT2D eigenvalue weighted by atomic mass is 35.5. The lowest BCUT2D eigenvalue weighted by atomic mass is 10.0. The van der Waals surface area contributed by atoms with E-state index in [9.17, 15) is 0 Å². The molecule has 0 aliphatic carbocycles. The summed E-state index contributed by atoms with van der Waals surface area (Å²) in [5, 5.41) is 6.61. The number of anilines is 1. The minimum Gasteiger partial charge on any atom is -0.360 e. The number of H-pyrrole nitrogens is 1. The van der Waals surface area contributed by atoms with E-state index in [2.05, 4.69) is 63.5 Å². The Balaban J connectivity index is 1.16. The molecule has 1 saturated heterocycles. The van der Waals surface area contributed by atoms with Gasteiger partial charge in [-0.25, -0.2) is 9.97 Å². The van der Waals surface area contributed by atoms with Crippen molar-refractivity contribution >= 4 is 39.4 Å². The molecule has 2 N–H and O–H groups in total. The number of nitrogens with zero attached hydrogens (tertiary/aromatic N) is 4. The molecule has 6 rings (SSSR count). The lowest BCUT2D eigenvalue weighted by Crippen LogP contribution is -2.39. The highest BCUT2D eigenvalue weighted by Crippen LogP contribution is 2.30. The molecule has 0 spiro atoms. The topological polar surface area (TPSA) is 69.7 Å². The number of hydrogen-bond donors (Lipinski definition) is 2. The Morgan fingerprint density at radius 1 is 1.00 bits per heavy atom. The summed E-state index contributed by atoms with van der Waals surface area (Å²) < 4.78 is 0. The minimum absolute atomic E-state index is 0.379. The number of hydrogen-bond acceptors (Lipinski definition) is 5. The largest absolute Gasteiger partial charge is 0.360 e. The number of aromatic amines is 1. The number of piperidine rings is 1. The number of pyridine rings is 1. The van der Waals surface area contributed by atoms with Crippen molar-refractivity contribution in [2.75, 3.05) is 18.4 Å². The lowest BCUT2D eigenvalue weighted by molar-refractivity contribution is 0.211. The normalized spacial score (nSPS) is 15.1. The van der Waals surface area contributed by atoms with Gasteiger partial charge in [0.1, 0.15) is 0 Å². The predicted octanol–water partition coefficient (Wildman–Crippen LogP) is 6.21. The number of likely N-dealkylation sites (tertiary alicyclic amines) is 1. The van der Waals surface area contributed by atoms with Crippen LogP contribution in [0, 0.1) is 6.92 Å². The molecule has 0 radical (unpaired) electrons. The van der Waals surface area contributed by atoms with E-state index in [1.807, 2.05) is 30.7 Å². The Kier molecular flexibility index (Phi) is 5.84. The molecule has 7 heteroatoms. The third kappa shape index (κ3) is 4.59. The van der Waals surface area contributed by atoms with E-state index in [1.165, 1.54) is 10.9 Å². The molecule has 1 aliphatic rings. The molecule has 0 bridgehead atoms. The Labute approximate surface area is 209 Å². The van der Waals surface area contributed by atoms with E-state index in [1.54, 1.807) is 0 Å². The van der Waals surface area contributed by atoms with Gasteiger partial charge in [-0.3, -0.25) is 9.88 Å². The third-order valence-corrected chi connectivity index (χ3v) is 7.17. The van der Waals surface area contributed by atoms with Crippen LogP contribution in [0.4, 0.5) is 5.95 Å². The minimum atomic E-state index is 0.379.